The molecule has 0 radical (unpaired) electrons. The Bertz CT molecular complexity index is 4440. The predicted octanol–water partition coefficient (Wildman–Crippen LogP) is 14.7. The Hall–Kier alpha value is -9.00. The van der Waals surface area contributed by atoms with Gasteiger partial charge in [0, 0.05) is 33.3 Å². The molecule has 0 unspecified atom stereocenters. The quantitative estimate of drug-likeness (QED) is 0.113. The summed E-state index contributed by atoms with van der Waals surface area (Å²) in [4.78, 5) is 5.14. The number of hydrogen-bond donors (Lipinski definition) is 0. The van der Waals surface area contributed by atoms with Gasteiger partial charge in [-0.3, -0.25) is 13.7 Å². The normalized spacial score (nSPS) is 13.5. The fourth-order valence-corrected chi connectivity index (χ4v) is 9.48. The minimum absolute atomic E-state index is 0.0545. The topological polar surface area (TPSA) is 40.8 Å². The van der Waals surface area contributed by atoms with Gasteiger partial charge in [-0.05, 0) is 89.8 Å². The number of para-hydroxylation sites is 6. The summed E-state index contributed by atoms with van der Waals surface area (Å²) < 4.78 is 94.1. The minimum Gasteiger partial charge on any atom is -0.458 e. The largest absolute Gasteiger partial charge is 0.458 e. The van der Waals surface area contributed by atoms with Crippen LogP contribution >= 0.6 is 0 Å². The lowest BCUT2D eigenvalue weighted by molar-refractivity contribution is -0.571. The van der Waals surface area contributed by atoms with Crippen LogP contribution in [0.25, 0.3) is 99.8 Å². The maximum absolute atomic E-state index is 9.23. The van der Waals surface area contributed by atoms with Gasteiger partial charge in [0.05, 0.1) is 63.0 Å². The molecule has 0 aliphatic heterocycles. The lowest BCUT2D eigenvalue weighted by Crippen LogP contribution is -2.31. The van der Waals surface area contributed by atoms with Crippen LogP contribution in [0.1, 0.15) is 17.9 Å². The van der Waals surface area contributed by atoms with Crippen molar-refractivity contribution in [2.45, 2.75) is 6.92 Å². The van der Waals surface area contributed by atoms with Crippen molar-refractivity contribution in [1.29, 1.82) is 0 Å². The molecule has 0 amide bonds. The van der Waals surface area contributed by atoms with Crippen LogP contribution in [-0.4, -0.2) is 18.7 Å². The van der Waals surface area contributed by atoms with Gasteiger partial charge < -0.3 is 9.30 Å². The number of fused-ring (bicyclic) bond motifs is 7. The zero-order valence-corrected chi connectivity index (χ0v) is 35.9. The van der Waals surface area contributed by atoms with E-state index in [0.717, 1.165) is 55.1 Å². The Morgan fingerprint density at radius 2 is 1.16 bits per heavy atom. The van der Waals surface area contributed by atoms with Crippen LogP contribution in [0.3, 0.4) is 0 Å². The molecule has 0 spiro atoms. The Balaban J connectivity index is 0.952. The molecule has 316 valence electrons. The third-order valence-corrected chi connectivity index (χ3v) is 12.4. The Labute approximate surface area is 399 Å². The van der Waals surface area contributed by atoms with E-state index in [-0.39, 0.29) is 57.7 Å². The van der Waals surface area contributed by atoms with E-state index in [1.54, 1.807) is 29.7 Å². The molecule has 0 aliphatic carbocycles. The Morgan fingerprint density at radius 3 is 2.00 bits per heavy atom. The van der Waals surface area contributed by atoms with Gasteiger partial charge in [-0.25, -0.2) is 4.98 Å². The molecule has 6 nitrogen and oxygen atoms in total. The highest BCUT2D eigenvalue weighted by Crippen LogP contribution is 2.39. The fourth-order valence-electron chi connectivity index (χ4n) is 9.48. The third-order valence-electron chi connectivity index (χ3n) is 12.4. The molecule has 4 aromatic heterocycles. The van der Waals surface area contributed by atoms with Gasteiger partial charge in [-0.1, -0.05) is 163 Å². The van der Waals surface area contributed by atoms with E-state index in [1.165, 1.54) is 0 Å². The minimum atomic E-state index is -0.544. The SMILES string of the molecule is [2H]c1c([2H])c([2H])c(-c2cccc(-c3c([2H])c([2H])c([2H])c(C)c3[2H])c2-[n+]2[c-]n(-c3cccc(Oc4ccc5c6ccccc6n(-c6cc7c8ccccc8n(-c8ccccc8)c7cn6)c5c4)c3)c3ccccc32)c([2H])c1[2H]. The number of aromatic nitrogens is 5. The van der Waals surface area contributed by atoms with Crippen molar-refractivity contribution in [3.05, 3.63) is 242 Å². The van der Waals surface area contributed by atoms with Crippen LogP contribution in [0.5, 0.6) is 11.5 Å². The summed E-state index contributed by atoms with van der Waals surface area (Å²) in [6, 6.07) is 51.7. The first-order chi connectivity index (χ1) is 36.9. The second kappa shape index (κ2) is 15.6. The van der Waals surface area contributed by atoms with Crippen molar-refractivity contribution in [2.24, 2.45) is 0 Å². The van der Waals surface area contributed by atoms with Crippen molar-refractivity contribution in [1.82, 2.24) is 18.7 Å². The van der Waals surface area contributed by atoms with E-state index in [1.807, 2.05) is 102 Å². The Kier molecular flexibility index (Phi) is 7.04. The second-order valence-corrected chi connectivity index (χ2v) is 16.3. The molecule has 0 saturated heterocycles. The first kappa shape index (κ1) is 30.2. The standard InChI is InChI=1S/C61H41N5O/c1-41-17-14-20-43(35-41)49-28-16-27-48(42-18-4-2-5-19-42)61(49)64-40-63(56-31-12-13-32-57(56)64)45-23-15-24-46(36-45)67-47-33-34-52-50-25-8-11-30-55(50)66(58(52)37-47)60-38-53-51-26-9-10-29-54(51)65(59(53)39-62-60)44-21-6-3-7-22-44/h2-39H,1H3/i2D,4D,5D,14D,17D,18D,19D,20D,35D. The number of ether oxygens (including phenoxy) is 1. The average molecular weight is 869 g/mol. The van der Waals surface area contributed by atoms with Crippen molar-refractivity contribution in [2.75, 3.05) is 0 Å². The summed E-state index contributed by atoms with van der Waals surface area (Å²) in [5.41, 5.74) is 7.91. The number of hydrogen-bond acceptors (Lipinski definition) is 2. The van der Waals surface area contributed by atoms with Crippen molar-refractivity contribution in [3.8, 4) is 56.6 Å². The maximum atomic E-state index is 9.23. The van der Waals surface area contributed by atoms with Gasteiger partial charge in [0.2, 0.25) is 0 Å². The molecule has 67 heavy (non-hydrogen) atoms. The molecule has 4 heterocycles. The summed E-state index contributed by atoms with van der Waals surface area (Å²) in [6.07, 6.45) is 5.45. The van der Waals surface area contributed by atoms with Gasteiger partial charge in [-0.15, -0.1) is 0 Å². The number of pyridine rings is 1. The third kappa shape index (κ3) is 6.41. The summed E-state index contributed by atoms with van der Waals surface area (Å²) in [6.45, 7) is 1.56. The van der Waals surface area contributed by atoms with E-state index < -0.39 is 30.2 Å². The van der Waals surface area contributed by atoms with Gasteiger partial charge >= 0.3 is 0 Å². The van der Waals surface area contributed by atoms with E-state index in [0.29, 0.717) is 28.2 Å². The first-order valence-electron chi connectivity index (χ1n) is 26.4. The van der Waals surface area contributed by atoms with Crippen LogP contribution < -0.4 is 9.30 Å². The number of benzene rings is 9. The molecule has 0 N–H and O–H groups in total. The molecular weight excluding hydrogens is 819 g/mol. The summed E-state index contributed by atoms with van der Waals surface area (Å²) >= 11 is 0. The van der Waals surface area contributed by atoms with E-state index in [2.05, 4.69) is 76.1 Å². The first-order valence-corrected chi connectivity index (χ1v) is 21.9. The lowest BCUT2D eigenvalue weighted by Gasteiger charge is -2.17. The molecule has 13 rings (SSSR count). The molecule has 0 saturated carbocycles. The van der Waals surface area contributed by atoms with E-state index in [4.69, 9.17) is 20.7 Å². The molecule has 0 bridgehead atoms. The monoisotopic (exact) mass is 868 g/mol. The van der Waals surface area contributed by atoms with E-state index in [9.17, 15) is 1.37 Å². The van der Waals surface area contributed by atoms with Crippen LogP contribution in [0.2, 0.25) is 0 Å². The smallest absolute Gasteiger partial charge is 0.269 e. The predicted molar refractivity (Wildman–Crippen MR) is 272 cm³/mol. The molecule has 0 atom stereocenters. The van der Waals surface area contributed by atoms with Gasteiger partial charge in [0.25, 0.3) is 6.33 Å². The van der Waals surface area contributed by atoms with Gasteiger partial charge in [0.15, 0.2) is 0 Å². The van der Waals surface area contributed by atoms with Crippen LogP contribution in [-0.2, 0) is 0 Å². The Morgan fingerprint density at radius 1 is 0.507 bits per heavy atom. The summed E-state index contributed by atoms with van der Waals surface area (Å²) in [7, 11) is 0. The molecular formula is C61H41N5O. The fraction of sp³-hybridized carbons (Fsp3) is 0.0164. The van der Waals surface area contributed by atoms with Gasteiger partial charge in [-0.2, -0.15) is 0 Å². The highest BCUT2D eigenvalue weighted by Gasteiger charge is 2.21. The number of rotatable bonds is 8. The zero-order valence-electron chi connectivity index (χ0n) is 44.9. The second-order valence-electron chi connectivity index (χ2n) is 16.3. The number of nitrogens with zero attached hydrogens (tertiary/aromatic N) is 5. The highest BCUT2D eigenvalue weighted by molar-refractivity contribution is 6.12. The number of imidazole rings is 1. The molecule has 0 aliphatic rings. The highest BCUT2D eigenvalue weighted by atomic mass is 16.5. The summed E-state index contributed by atoms with van der Waals surface area (Å²) in [5, 5.41) is 4.30. The van der Waals surface area contributed by atoms with Gasteiger partial charge in [0.1, 0.15) is 17.3 Å². The van der Waals surface area contributed by atoms with Crippen LogP contribution in [0, 0.1) is 13.3 Å². The average Bonchev–Trinajstić information content (AvgIpc) is 4.12. The van der Waals surface area contributed by atoms with Crippen molar-refractivity contribution in [3.63, 3.8) is 0 Å². The van der Waals surface area contributed by atoms with Crippen molar-refractivity contribution >= 4 is 54.6 Å². The van der Waals surface area contributed by atoms with Crippen molar-refractivity contribution < 1.29 is 21.6 Å². The van der Waals surface area contributed by atoms with E-state index >= 15 is 0 Å². The van der Waals surface area contributed by atoms with Crippen LogP contribution in [0.4, 0.5) is 0 Å². The molecule has 9 aromatic carbocycles. The molecule has 13 aromatic rings. The molecule has 0 fully saturated rings. The lowest BCUT2D eigenvalue weighted by atomic mass is 9.95. The van der Waals surface area contributed by atoms with Crippen LogP contribution in [0.15, 0.2) is 230 Å². The maximum Gasteiger partial charge on any atom is 0.269 e. The summed E-state index contributed by atoms with van der Waals surface area (Å²) in [5.74, 6) is 1.87. The zero-order chi connectivity index (χ0) is 52.3. The molecule has 6 heteroatoms.